The quantitative estimate of drug-likeness (QED) is 0.527. The van der Waals surface area contributed by atoms with Crippen LogP contribution in [0.25, 0.3) is 0 Å². The third kappa shape index (κ3) is 4.25. The molecule has 1 aliphatic rings. The number of benzene rings is 1. The zero-order chi connectivity index (χ0) is 17.8. The SMILES string of the molecule is Nc1nc(Nc2cccc(Cl)c2)nc(NCC2CCCO2)c1[N+](=O)[O-]. The molecule has 0 amide bonds. The molecule has 4 N–H and O–H groups in total. The number of nitrogens with one attached hydrogen (secondary N) is 2. The third-order valence-corrected chi connectivity index (χ3v) is 3.93. The minimum absolute atomic E-state index is 0.000123. The first-order valence-electron chi connectivity index (χ1n) is 7.73. The second kappa shape index (κ2) is 7.49. The number of halogens is 1. The van der Waals surface area contributed by atoms with Crippen LogP contribution in [0.2, 0.25) is 5.02 Å². The maximum atomic E-state index is 11.3. The molecule has 2 aromatic rings. The average Bonchev–Trinajstić information content (AvgIpc) is 3.05. The average molecular weight is 365 g/mol. The summed E-state index contributed by atoms with van der Waals surface area (Å²) in [6, 6.07) is 6.94. The lowest BCUT2D eigenvalue weighted by Crippen LogP contribution is -2.20. The second-order valence-electron chi connectivity index (χ2n) is 5.54. The van der Waals surface area contributed by atoms with Gasteiger partial charge in [-0.15, -0.1) is 0 Å². The van der Waals surface area contributed by atoms with Gasteiger partial charge in [0.1, 0.15) is 0 Å². The van der Waals surface area contributed by atoms with E-state index >= 15 is 0 Å². The van der Waals surface area contributed by atoms with E-state index in [0.717, 1.165) is 12.8 Å². The highest BCUT2D eigenvalue weighted by atomic mass is 35.5. The summed E-state index contributed by atoms with van der Waals surface area (Å²) in [7, 11) is 0. The van der Waals surface area contributed by atoms with E-state index in [-0.39, 0.29) is 29.4 Å². The zero-order valence-electron chi connectivity index (χ0n) is 13.2. The molecule has 1 aliphatic heterocycles. The Morgan fingerprint density at radius 1 is 1.44 bits per heavy atom. The standard InChI is InChI=1S/C15H17ClN6O3/c16-9-3-1-4-10(7-9)19-15-20-13(17)12(22(23)24)14(21-15)18-8-11-5-2-6-25-11/h1,3-4,7,11H,2,5-6,8H2,(H4,17,18,19,20,21). The predicted molar refractivity (Wildman–Crippen MR) is 95.3 cm³/mol. The summed E-state index contributed by atoms with van der Waals surface area (Å²) in [4.78, 5) is 18.8. The number of anilines is 4. The lowest BCUT2D eigenvalue weighted by molar-refractivity contribution is -0.383. The molecule has 3 rings (SSSR count). The van der Waals surface area contributed by atoms with Crippen LogP contribution in [0.1, 0.15) is 12.8 Å². The number of rotatable bonds is 6. The minimum atomic E-state index is -0.601. The number of hydrogen-bond acceptors (Lipinski definition) is 8. The Bertz CT molecular complexity index is 782. The molecule has 1 saturated heterocycles. The third-order valence-electron chi connectivity index (χ3n) is 3.70. The van der Waals surface area contributed by atoms with Crippen LogP contribution in [-0.4, -0.2) is 34.1 Å². The normalized spacial score (nSPS) is 16.6. The summed E-state index contributed by atoms with van der Waals surface area (Å²) in [5.74, 6) is -0.0305. The lowest BCUT2D eigenvalue weighted by Gasteiger charge is -2.13. The molecule has 0 aliphatic carbocycles. The Hall–Kier alpha value is -2.65. The highest BCUT2D eigenvalue weighted by molar-refractivity contribution is 6.30. The van der Waals surface area contributed by atoms with Gasteiger partial charge in [0.05, 0.1) is 11.0 Å². The van der Waals surface area contributed by atoms with Crippen LogP contribution >= 0.6 is 11.6 Å². The van der Waals surface area contributed by atoms with Gasteiger partial charge in [-0.05, 0) is 31.0 Å². The van der Waals surface area contributed by atoms with Crippen LogP contribution in [-0.2, 0) is 4.74 Å². The van der Waals surface area contributed by atoms with Gasteiger partial charge in [-0.2, -0.15) is 9.97 Å². The molecular weight excluding hydrogens is 348 g/mol. The van der Waals surface area contributed by atoms with Gasteiger partial charge in [-0.1, -0.05) is 17.7 Å². The second-order valence-corrected chi connectivity index (χ2v) is 5.97. The monoisotopic (exact) mass is 364 g/mol. The molecule has 1 aromatic heterocycles. The van der Waals surface area contributed by atoms with Crippen molar-refractivity contribution in [2.75, 3.05) is 29.5 Å². The van der Waals surface area contributed by atoms with Gasteiger partial charge >= 0.3 is 5.69 Å². The van der Waals surface area contributed by atoms with Crippen molar-refractivity contribution in [3.8, 4) is 0 Å². The number of ether oxygens (including phenoxy) is 1. The van der Waals surface area contributed by atoms with Crippen LogP contribution in [0.15, 0.2) is 24.3 Å². The van der Waals surface area contributed by atoms with Gasteiger partial charge in [0.15, 0.2) is 0 Å². The molecule has 132 valence electrons. The van der Waals surface area contributed by atoms with Crippen molar-refractivity contribution >= 4 is 40.6 Å². The lowest BCUT2D eigenvalue weighted by atomic mass is 10.2. The van der Waals surface area contributed by atoms with Crippen LogP contribution in [0.3, 0.4) is 0 Å². The van der Waals surface area contributed by atoms with E-state index in [2.05, 4.69) is 20.6 Å². The molecule has 1 unspecified atom stereocenters. The van der Waals surface area contributed by atoms with Crippen molar-refractivity contribution in [3.63, 3.8) is 0 Å². The Morgan fingerprint density at radius 3 is 2.96 bits per heavy atom. The minimum Gasteiger partial charge on any atom is -0.378 e. The van der Waals surface area contributed by atoms with E-state index in [4.69, 9.17) is 22.1 Å². The van der Waals surface area contributed by atoms with Gasteiger partial charge in [0.2, 0.25) is 17.6 Å². The van der Waals surface area contributed by atoms with E-state index in [9.17, 15) is 10.1 Å². The number of nitrogens with two attached hydrogens (primary N) is 1. The highest BCUT2D eigenvalue weighted by Gasteiger charge is 2.24. The van der Waals surface area contributed by atoms with Gasteiger partial charge in [-0.3, -0.25) is 10.1 Å². The number of nitrogens with zero attached hydrogens (tertiary/aromatic N) is 3. The first-order valence-corrected chi connectivity index (χ1v) is 8.10. The van der Waals surface area contributed by atoms with E-state index in [1.807, 2.05) is 0 Å². The topological polar surface area (TPSA) is 128 Å². The first-order chi connectivity index (χ1) is 12.0. The predicted octanol–water partition coefficient (Wildman–Crippen LogP) is 2.95. The van der Waals surface area contributed by atoms with Crippen molar-refractivity contribution in [3.05, 3.63) is 39.4 Å². The summed E-state index contributed by atoms with van der Waals surface area (Å²) in [5.41, 5.74) is 6.05. The number of aromatic nitrogens is 2. The summed E-state index contributed by atoms with van der Waals surface area (Å²) in [5, 5.41) is 17.7. The van der Waals surface area contributed by atoms with Crippen LogP contribution in [0.4, 0.5) is 29.0 Å². The van der Waals surface area contributed by atoms with Gasteiger partial charge in [0, 0.05) is 23.9 Å². The maximum Gasteiger partial charge on any atom is 0.353 e. The molecule has 0 radical (unpaired) electrons. The molecule has 9 nitrogen and oxygen atoms in total. The van der Waals surface area contributed by atoms with E-state index in [1.165, 1.54) is 0 Å². The van der Waals surface area contributed by atoms with Gasteiger partial charge < -0.3 is 21.1 Å². The Morgan fingerprint density at radius 2 is 2.28 bits per heavy atom. The van der Waals surface area contributed by atoms with Crippen molar-refractivity contribution < 1.29 is 9.66 Å². The Balaban J connectivity index is 1.85. The van der Waals surface area contributed by atoms with Gasteiger partial charge in [-0.25, -0.2) is 0 Å². The summed E-state index contributed by atoms with van der Waals surface area (Å²) >= 11 is 5.94. The fraction of sp³-hybridized carbons (Fsp3) is 0.333. The fourth-order valence-electron chi connectivity index (χ4n) is 2.54. The molecule has 10 heteroatoms. The smallest absolute Gasteiger partial charge is 0.353 e. The summed E-state index contributed by atoms with van der Waals surface area (Å²) < 4.78 is 5.51. The number of nitro groups is 1. The number of hydrogen-bond donors (Lipinski definition) is 3. The van der Waals surface area contributed by atoms with E-state index in [1.54, 1.807) is 24.3 Å². The molecular formula is C15H17ClN6O3. The van der Waals surface area contributed by atoms with Crippen molar-refractivity contribution in [1.29, 1.82) is 0 Å². The molecule has 1 aromatic carbocycles. The van der Waals surface area contributed by atoms with Crippen LogP contribution in [0.5, 0.6) is 0 Å². The maximum absolute atomic E-state index is 11.3. The Kier molecular flexibility index (Phi) is 5.15. The zero-order valence-corrected chi connectivity index (χ0v) is 14.0. The molecule has 0 saturated carbocycles. The van der Waals surface area contributed by atoms with Crippen LogP contribution in [0, 0.1) is 10.1 Å². The summed E-state index contributed by atoms with van der Waals surface area (Å²) in [6.45, 7) is 1.11. The first kappa shape index (κ1) is 17.2. The fourth-order valence-corrected chi connectivity index (χ4v) is 2.73. The molecule has 25 heavy (non-hydrogen) atoms. The molecule has 0 spiro atoms. The van der Waals surface area contributed by atoms with E-state index < -0.39 is 4.92 Å². The van der Waals surface area contributed by atoms with Crippen molar-refractivity contribution in [1.82, 2.24) is 9.97 Å². The number of nitrogen functional groups attached to an aromatic ring is 1. The summed E-state index contributed by atoms with van der Waals surface area (Å²) in [6.07, 6.45) is 1.87. The van der Waals surface area contributed by atoms with Crippen LogP contribution < -0.4 is 16.4 Å². The van der Waals surface area contributed by atoms with Gasteiger partial charge in [0.25, 0.3) is 0 Å². The molecule has 0 bridgehead atoms. The molecule has 2 heterocycles. The van der Waals surface area contributed by atoms with Crippen molar-refractivity contribution in [2.45, 2.75) is 18.9 Å². The van der Waals surface area contributed by atoms with E-state index in [0.29, 0.717) is 23.9 Å². The van der Waals surface area contributed by atoms with Crippen molar-refractivity contribution in [2.24, 2.45) is 0 Å². The highest BCUT2D eigenvalue weighted by Crippen LogP contribution is 2.30. The molecule has 1 atom stereocenters. The molecule has 1 fully saturated rings. The largest absolute Gasteiger partial charge is 0.378 e. The Labute approximate surface area is 148 Å².